The van der Waals surface area contributed by atoms with Gasteiger partial charge in [-0.05, 0) is 6.42 Å². The highest BCUT2D eigenvalue weighted by Gasteiger charge is 2.40. The molecule has 0 saturated carbocycles. The van der Waals surface area contributed by atoms with Crippen LogP contribution in [0.5, 0.6) is 0 Å². The standard InChI is InChI=1S/C12H28O7Si/c1-14-6-9-17-20(12-4-5-13,18-10-7-15-2)19-11-8-16-3/h13H,4-12H2,1-3H3. The lowest BCUT2D eigenvalue weighted by Gasteiger charge is -2.29. The Balaban J connectivity index is 4.48. The molecule has 0 aliphatic carbocycles. The van der Waals surface area contributed by atoms with Crippen LogP contribution >= 0.6 is 0 Å². The third-order valence-electron chi connectivity index (χ3n) is 2.47. The Morgan fingerprint density at radius 3 is 1.40 bits per heavy atom. The van der Waals surface area contributed by atoms with E-state index in [0.29, 0.717) is 52.1 Å². The molecule has 0 aliphatic heterocycles. The molecular weight excluding hydrogens is 284 g/mol. The highest BCUT2D eigenvalue weighted by Crippen LogP contribution is 2.18. The highest BCUT2D eigenvalue weighted by molar-refractivity contribution is 6.60. The maximum atomic E-state index is 9.03. The number of methoxy groups -OCH3 is 3. The monoisotopic (exact) mass is 312 g/mol. The van der Waals surface area contributed by atoms with Crippen LogP contribution in [0.15, 0.2) is 0 Å². The quantitative estimate of drug-likeness (QED) is 0.344. The van der Waals surface area contributed by atoms with Crippen LogP contribution in [-0.2, 0) is 27.5 Å². The van der Waals surface area contributed by atoms with Crippen molar-refractivity contribution in [1.29, 1.82) is 0 Å². The normalized spacial score (nSPS) is 12.0. The van der Waals surface area contributed by atoms with Gasteiger partial charge >= 0.3 is 8.80 Å². The summed E-state index contributed by atoms with van der Waals surface area (Å²) in [6.45, 7) is 2.67. The molecular formula is C12H28O7Si. The maximum absolute atomic E-state index is 9.03. The number of aliphatic hydroxyl groups excluding tert-OH is 1. The second-order valence-electron chi connectivity index (χ2n) is 4.03. The van der Waals surface area contributed by atoms with Crippen molar-refractivity contribution >= 4 is 8.80 Å². The Hall–Kier alpha value is -0.0631. The molecule has 0 atom stereocenters. The van der Waals surface area contributed by atoms with Crippen LogP contribution in [0.2, 0.25) is 6.04 Å². The summed E-state index contributed by atoms with van der Waals surface area (Å²) in [5.74, 6) is 0. The lowest BCUT2D eigenvalue weighted by atomic mass is 10.5. The van der Waals surface area contributed by atoms with Crippen molar-refractivity contribution in [3.05, 3.63) is 0 Å². The van der Waals surface area contributed by atoms with Crippen LogP contribution in [0.3, 0.4) is 0 Å². The molecule has 0 radical (unpaired) electrons. The van der Waals surface area contributed by atoms with Gasteiger partial charge in [-0.1, -0.05) is 0 Å². The van der Waals surface area contributed by atoms with Gasteiger partial charge in [-0.25, -0.2) is 0 Å². The molecule has 8 heteroatoms. The van der Waals surface area contributed by atoms with Crippen LogP contribution in [-0.4, -0.2) is 81.5 Å². The van der Waals surface area contributed by atoms with E-state index in [4.69, 9.17) is 32.6 Å². The molecule has 0 aliphatic rings. The van der Waals surface area contributed by atoms with Gasteiger partial charge in [0.15, 0.2) is 0 Å². The van der Waals surface area contributed by atoms with Crippen molar-refractivity contribution < 1.29 is 32.6 Å². The zero-order valence-corrected chi connectivity index (χ0v) is 13.8. The minimum absolute atomic E-state index is 0.0731. The largest absolute Gasteiger partial charge is 0.501 e. The Bertz CT molecular complexity index is 180. The summed E-state index contributed by atoms with van der Waals surface area (Å²) in [5.41, 5.74) is 0. The third-order valence-corrected chi connectivity index (χ3v) is 5.37. The van der Waals surface area contributed by atoms with Crippen molar-refractivity contribution in [2.75, 3.05) is 67.6 Å². The molecule has 0 fully saturated rings. The van der Waals surface area contributed by atoms with Crippen LogP contribution in [0.4, 0.5) is 0 Å². The summed E-state index contributed by atoms with van der Waals surface area (Å²) in [6, 6.07) is 0.556. The summed E-state index contributed by atoms with van der Waals surface area (Å²) in [6.07, 6.45) is 0.569. The van der Waals surface area contributed by atoms with Crippen LogP contribution in [0, 0.1) is 0 Å². The van der Waals surface area contributed by atoms with E-state index in [-0.39, 0.29) is 6.61 Å². The molecule has 7 nitrogen and oxygen atoms in total. The average molecular weight is 312 g/mol. The fourth-order valence-corrected chi connectivity index (χ4v) is 3.94. The van der Waals surface area contributed by atoms with Gasteiger partial charge in [0.05, 0.1) is 39.6 Å². The summed E-state index contributed by atoms with van der Waals surface area (Å²) in [5, 5.41) is 9.03. The zero-order chi connectivity index (χ0) is 15.1. The molecule has 0 aromatic heterocycles. The SMILES string of the molecule is COCCO[Si](CCCO)(OCCOC)OCCOC. The number of hydrogen-bond donors (Lipinski definition) is 1. The van der Waals surface area contributed by atoms with Gasteiger partial charge in [0.1, 0.15) is 0 Å². The minimum atomic E-state index is -2.83. The van der Waals surface area contributed by atoms with Crippen molar-refractivity contribution in [3.8, 4) is 0 Å². The molecule has 0 unspecified atom stereocenters. The highest BCUT2D eigenvalue weighted by atomic mass is 28.4. The summed E-state index contributed by atoms with van der Waals surface area (Å²) in [4.78, 5) is 0. The third kappa shape index (κ3) is 9.78. The maximum Gasteiger partial charge on any atom is 0.501 e. The predicted octanol–water partition coefficient (Wildman–Crippen LogP) is 0.297. The molecule has 0 saturated heterocycles. The molecule has 0 aromatic carbocycles. The van der Waals surface area contributed by atoms with E-state index < -0.39 is 8.80 Å². The molecule has 0 bridgehead atoms. The molecule has 0 heterocycles. The van der Waals surface area contributed by atoms with Crippen molar-refractivity contribution in [2.24, 2.45) is 0 Å². The smallest absolute Gasteiger partial charge is 0.396 e. The van der Waals surface area contributed by atoms with Gasteiger partial charge < -0.3 is 32.6 Å². The molecule has 0 amide bonds. The van der Waals surface area contributed by atoms with E-state index in [1.165, 1.54) is 0 Å². The van der Waals surface area contributed by atoms with Gasteiger partial charge in [-0.3, -0.25) is 0 Å². The van der Waals surface area contributed by atoms with E-state index in [9.17, 15) is 0 Å². The van der Waals surface area contributed by atoms with Gasteiger partial charge in [0.2, 0.25) is 0 Å². The second-order valence-corrected chi connectivity index (χ2v) is 6.77. The fourth-order valence-electron chi connectivity index (χ4n) is 1.48. The van der Waals surface area contributed by atoms with E-state index in [0.717, 1.165) is 0 Å². The number of aliphatic hydroxyl groups is 1. The van der Waals surface area contributed by atoms with Crippen molar-refractivity contribution in [1.82, 2.24) is 0 Å². The molecule has 0 spiro atoms. The zero-order valence-electron chi connectivity index (χ0n) is 12.8. The summed E-state index contributed by atoms with van der Waals surface area (Å²) < 4.78 is 32.4. The van der Waals surface area contributed by atoms with E-state index >= 15 is 0 Å². The van der Waals surface area contributed by atoms with Gasteiger partial charge in [-0.2, -0.15) is 0 Å². The van der Waals surface area contributed by atoms with Crippen LogP contribution in [0.25, 0.3) is 0 Å². The Labute approximate surface area is 122 Å². The first-order valence-corrected chi connectivity index (χ1v) is 8.67. The summed E-state index contributed by atoms with van der Waals surface area (Å²) in [7, 11) is 2.00. The van der Waals surface area contributed by atoms with Gasteiger partial charge in [0, 0.05) is 34.0 Å². The van der Waals surface area contributed by atoms with E-state index in [2.05, 4.69) is 0 Å². The number of ether oxygens (including phenoxy) is 3. The Kier molecular flexibility index (Phi) is 13.9. The molecule has 0 rings (SSSR count). The van der Waals surface area contributed by atoms with Gasteiger partial charge in [0.25, 0.3) is 0 Å². The number of rotatable bonds is 15. The number of hydrogen-bond acceptors (Lipinski definition) is 7. The lowest BCUT2D eigenvalue weighted by Crippen LogP contribution is -2.48. The fraction of sp³-hybridized carbons (Fsp3) is 1.00. The van der Waals surface area contributed by atoms with Gasteiger partial charge in [-0.15, -0.1) is 0 Å². The molecule has 1 N–H and O–H groups in total. The molecule has 0 aromatic rings. The van der Waals surface area contributed by atoms with E-state index in [1.807, 2.05) is 0 Å². The van der Waals surface area contributed by atoms with Crippen molar-refractivity contribution in [3.63, 3.8) is 0 Å². The van der Waals surface area contributed by atoms with Crippen LogP contribution < -0.4 is 0 Å². The van der Waals surface area contributed by atoms with Crippen molar-refractivity contribution in [2.45, 2.75) is 12.5 Å². The second kappa shape index (κ2) is 13.9. The molecule has 122 valence electrons. The van der Waals surface area contributed by atoms with Crippen LogP contribution in [0.1, 0.15) is 6.42 Å². The average Bonchev–Trinajstić information content (AvgIpc) is 2.46. The Morgan fingerprint density at radius 1 is 0.700 bits per heavy atom. The predicted molar refractivity (Wildman–Crippen MR) is 75.7 cm³/mol. The Morgan fingerprint density at radius 2 is 1.10 bits per heavy atom. The van der Waals surface area contributed by atoms with E-state index in [1.54, 1.807) is 21.3 Å². The topological polar surface area (TPSA) is 75.6 Å². The summed E-state index contributed by atoms with van der Waals surface area (Å²) >= 11 is 0. The minimum Gasteiger partial charge on any atom is -0.396 e. The lowest BCUT2D eigenvalue weighted by molar-refractivity contribution is 0.0136. The first-order valence-electron chi connectivity index (χ1n) is 6.74. The first kappa shape index (κ1) is 19.9. The molecule has 20 heavy (non-hydrogen) atoms. The first-order chi connectivity index (χ1) is 9.74.